The first-order chi connectivity index (χ1) is 12.4. The Bertz CT molecular complexity index is 782. The van der Waals surface area contributed by atoms with Gasteiger partial charge in [0.2, 0.25) is 0 Å². The number of hydrogen-bond donors (Lipinski definition) is 3. The highest BCUT2D eigenvalue weighted by Gasteiger charge is 2.19. The van der Waals surface area contributed by atoms with Crippen LogP contribution in [-0.4, -0.2) is 24.5 Å². The Morgan fingerprint density at radius 2 is 1.62 bits per heavy atom. The Kier molecular flexibility index (Phi) is 6.37. The molecule has 0 saturated carbocycles. The largest absolute Gasteiger partial charge is 0.464 e. The van der Waals surface area contributed by atoms with Crippen LogP contribution in [-0.2, 0) is 14.3 Å². The topological polar surface area (TPSA) is 110 Å². The molecule has 3 amide bonds. The number of furan rings is 1. The van der Waals surface area contributed by atoms with Crippen LogP contribution in [0.15, 0.2) is 40.8 Å². The third-order valence-corrected chi connectivity index (χ3v) is 3.41. The minimum atomic E-state index is -0.800. The van der Waals surface area contributed by atoms with E-state index in [1.165, 1.54) is 0 Å². The second-order valence-corrected chi connectivity index (χ2v) is 5.52. The molecule has 26 heavy (non-hydrogen) atoms. The van der Waals surface area contributed by atoms with Gasteiger partial charge in [-0.25, -0.2) is 4.79 Å². The molecule has 1 aromatic carbocycles. The van der Waals surface area contributed by atoms with E-state index in [0.29, 0.717) is 17.1 Å². The van der Waals surface area contributed by atoms with Gasteiger partial charge in [0.25, 0.3) is 0 Å². The molecule has 0 spiro atoms. The van der Waals surface area contributed by atoms with Gasteiger partial charge in [0, 0.05) is 11.4 Å². The van der Waals surface area contributed by atoms with Crippen LogP contribution in [0.3, 0.4) is 0 Å². The van der Waals surface area contributed by atoms with E-state index in [-0.39, 0.29) is 6.61 Å². The predicted molar refractivity (Wildman–Crippen MR) is 95.7 cm³/mol. The van der Waals surface area contributed by atoms with Crippen molar-refractivity contribution in [1.82, 2.24) is 5.32 Å². The molecule has 2 rings (SSSR count). The molecule has 0 aliphatic rings. The molecule has 0 fully saturated rings. The molecule has 1 heterocycles. The number of anilines is 2. The standard InChI is InChI=1S/C18H21N3O5/c1-4-25-18(24)21-14-8-6-13(7-9-14)20-17(23)16(22)19-12(3)15-10-5-11(2)26-15/h5-10,12H,4H2,1-3H3,(H,19,22)(H,20,23)(H,21,24). The van der Waals surface area contributed by atoms with E-state index < -0.39 is 23.9 Å². The maximum atomic E-state index is 12.0. The van der Waals surface area contributed by atoms with Crippen molar-refractivity contribution in [3.05, 3.63) is 47.9 Å². The zero-order valence-corrected chi connectivity index (χ0v) is 14.8. The Morgan fingerprint density at radius 3 is 2.15 bits per heavy atom. The van der Waals surface area contributed by atoms with Crippen LogP contribution in [0.25, 0.3) is 0 Å². The average Bonchev–Trinajstić information content (AvgIpc) is 3.03. The van der Waals surface area contributed by atoms with Crippen LogP contribution in [0.2, 0.25) is 0 Å². The summed E-state index contributed by atoms with van der Waals surface area (Å²) in [7, 11) is 0. The van der Waals surface area contributed by atoms with Gasteiger partial charge in [-0.15, -0.1) is 0 Å². The van der Waals surface area contributed by atoms with Gasteiger partial charge in [0.1, 0.15) is 11.5 Å². The monoisotopic (exact) mass is 359 g/mol. The SMILES string of the molecule is CCOC(=O)Nc1ccc(NC(=O)C(=O)NC(C)c2ccc(C)o2)cc1. The summed E-state index contributed by atoms with van der Waals surface area (Å²) < 4.78 is 10.2. The highest BCUT2D eigenvalue weighted by Crippen LogP contribution is 2.16. The van der Waals surface area contributed by atoms with Crippen molar-refractivity contribution in [2.75, 3.05) is 17.2 Å². The normalized spacial score (nSPS) is 11.3. The molecule has 8 nitrogen and oxygen atoms in total. The number of carbonyl (C=O) groups excluding carboxylic acids is 3. The number of amides is 3. The molecular formula is C18H21N3O5. The highest BCUT2D eigenvalue weighted by atomic mass is 16.5. The molecule has 138 valence electrons. The number of nitrogens with one attached hydrogen (secondary N) is 3. The summed E-state index contributed by atoms with van der Waals surface area (Å²) in [5.74, 6) is -0.286. The number of hydrogen-bond acceptors (Lipinski definition) is 5. The fraction of sp³-hybridized carbons (Fsp3) is 0.278. The van der Waals surface area contributed by atoms with Gasteiger partial charge in [0.15, 0.2) is 0 Å². The van der Waals surface area contributed by atoms with Crippen molar-refractivity contribution in [1.29, 1.82) is 0 Å². The number of benzene rings is 1. The van der Waals surface area contributed by atoms with Gasteiger partial charge in [-0.1, -0.05) is 0 Å². The molecule has 1 aromatic heterocycles. The number of ether oxygens (including phenoxy) is 1. The van der Waals surface area contributed by atoms with Crippen molar-refractivity contribution < 1.29 is 23.5 Å². The molecule has 0 radical (unpaired) electrons. The molecule has 0 bridgehead atoms. The van der Waals surface area contributed by atoms with Crippen LogP contribution >= 0.6 is 0 Å². The third kappa shape index (κ3) is 5.37. The average molecular weight is 359 g/mol. The summed E-state index contributed by atoms with van der Waals surface area (Å²) >= 11 is 0. The highest BCUT2D eigenvalue weighted by molar-refractivity contribution is 6.39. The van der Waals surface area contributed by atoms with Crippen molar-refractivity contribution >= 4 is 29.3 Å². The summed E-state index contributed by atoms with van der Waals surface area (Å²) in [6.07, 6.45) is -0.564. The van der Waals surface area contributed by atoms with E-state index in [1.807, 2.05) is 0 Å². The second-order valence-electron chi connectivity index (χ2n) is 5.52. The minimum absolute atomic E-state index is 0.269. The van der Waals surface area contributed by atoms with Gasteiger partial charge in [0.05, 0.1) is 12.6 Å². The van der Waals surface area contributed by atoms with Gasteiger partial charge >= 0.3 is 17.9 Å². The Labute approximate surface area is 150 Å². The number of carbonyl (C=O) groups is 3. The fourth-order valence-electron chi connectivity index (χ4n) is 2.13. The third-order valence-electron chi connectivity index (χ3n) is 3.41. The minimum Gasteiger partial charge on any atom is -0.464 e. The Hall–Kier alpha value is -3.29. The molecular weight excluding hydrogens is 338 g/mol. The first-order valence-corrected chi connectivity index (χ1v) is 8.11. The predicted octanol–water partition coefficient (Wildman–Crippen LogP) is 2.97. The van der Waals surface area contributed by atoms with E-state index in [2.05, 4.69) is 16.0 Å². The van der Waals surface area contributed by atoms with Crippen LogP contribution in [0.5, 0.6) is 0 Å². The lowest BCUT2D eigenvalue weighted by molar-refractivity contribution is -0.136. The van der Waals surface area contributed by atoms with E-state index in [0.717, 1.165) is 5.76 Å². The lowest BCUT2D eigenvalue weighted by Crippen LogP contribution is -2.36. The van der Waals surface area contributed by atoms with E-state index in [9.17, 15) is 14.4 Å². The van der Waals surface area contributed by atoms with Crippen LogP contribution in [0.4, 0.5) is 16.2 Å². The van der Waals surface area contributed by atoms with Crippen molar-refractivity contribution in [2.45, 2.75) is 26.8 Å². The maximum Gasteiger partial charge on any atom is 0.411 e. The molecule has 0 aliphatic heterocycles. The molecule has 8 heteroatoms. The molecule has 0 aliphatic carbocycles. The van der Waals surface area contributed by atoms with E-state index >= 15 is 0 Å². The smallest absolute Gasteiger partial charge is 0.411 e. The second kappa shape index (κ2) is 8.70. The van der Waals surface area contributed by atoms with E-state index in [1.54, 1.807) is 57.2 Å². The van der Waals surface area contributed by atoms with Crippen molar-refractivity contribution in [2.24, 2.45) is 0 Å². The van der Waals surface area contributed by atoms with Gasteiger partial charge in [-0.2, -0.15) is 0 Å². The van der Waals surface area contributed by atoms with E-state index in [4.69, 9.17) is 9.15 Å². The van der Waals surface area contributed by atoms with Gasteiger partial charge in [-0.05, 0) is 57.2 Å². The summed E-state index contributed by atoms with van der Waals surface area (Å²) in [5.41, 5.74) is 0.925. The summed E-state index contributed by atoms with van der Waals surface area (Å²) in [6.45, 7) is 5.49. The van der Waals surface area contributed by atoms with Crippen molar-refractivity contribution in [3.63, 3.8) is 0 Å². The molecule has 1 unspecified atom stereocenters. The quantitative estimate of drug-likeness (QED) is 0.711. The summed E-state index contributed by atoms with van der Waals surface area (Å²) in [5, 5.41) is 7.58. The Balaban J connectivity index is 1.88. The van der Waals surface area contributed by atoms with Crippen LogP contribution in [0, 0.1) is 6.92 Å². The van der Waals surface area contributed by atoms with Gasteiger partial charge < -0.3 is 19.8 Å². The molecule has 0 saturated heterocycles. The molecule has 1 atom stereocenters. The number of rotatable bonds is 5. The van der Waals surface area contributed by atoms with Crippen LogP contribution in [0.1, 0.15) is 31.4 Å². The zero-order valence-electron chi connectivity index (χ0n) is 14.8. The van der Waals surface area contributed by atoms with Gasteiger partial charge in [-0.3, -0.25) is 14.9 Å². The lowest BCUT2D eigenvalue weighted by Gasteiger charge is -2.12. The first kappa shape index (κ1) is 19.0. The summed E-state index contributed by atoms with van der Waals surface area (Å²) in [6, 6.07) is 9.38. The summed E-state index contributed by atoms with van der Waals surface area (Å²) in [4.78, 5) is 35.3. The molecule has 3 N–H and O–H groups in total. The fourth-order valence-corrected chi connectivity index (χ4v) is 2.13. The zero-order chi connectivity index (χ0) is 19.1. The first-order valence-electron chi connectivity index (χ1n) is 8.11. The molecule has 2 aromatic rings. The Morgan fingerprint density at radius 1 is 1.00 bits per heavy atom. The maximum absolute atomic E-state index is 12.0. The van der Waals surface area contributed by atoms with Crippen LogP contribution < -0.4 is 16.0 Å². The lowest BCUT2D eigenvalue weighted by atomic mass is 10.2. The van der Waals surface area contributed by atoms with Crippen molar-refractivity contribution in [3.8, 4) is 0 Å². The number of aryl methyl sites for hydroxylation is 1.